The predicted octanol–water partition coefficient (Wildman–Crippen LogP) is 2.08. The Bertz CT molecular complexity index is 983. The minimum absolute atomic E-state index is 0.169. The number of carbonyl (C=O) groups is 2. The van der Waals surface area contributed by atoms with Crippen molar-refractivity contribution in [2.45, 2.75) is 6.92 Å². The van der Waals surface area contributed by atoms with Crippen molar-refractivity contribution in [3.05, 3.63) is 58.5 Å². The van der Waals surface area contributed by atoms with E-state index < -0.39 is 0 Å². The van der Waals surface area contributed by atoms with Crippen LogP contribution in [-0.2, 0) is 11.8 Å². The molecule has 0 radical (unpaired) electrons. The van der Waals surface area contributed by atoms with Gasteiger partial charge in [0.1, 0.15) is 0 Å². The minimum Gasteiger partial charge on any atom is -0.326 e. The molecule has 0 bridgehead atoms. The number of aromatic amines is 1. The largest absolute Gasteiger partial charge is 0.326 e. The molecule has 24 heavy (non-hydrogen) atoms. The normalized spacial score (nSPS) is 10.6. The number of aryl methyl sites for hydroxylation is 1. The highest BCUT2D eigenvalue weighted by atomic mass is 16.2. The van der Waals surface area contributed by atoms with E-state index in [9.17, 15) is 14.4 Å². The molecule has 3 aromatic rings. The number of nitrogens with zero attached hydrogens (tertiary/aromatic N) is 1. The fourth-order valence-electron chi connectivity index (χ4n) is 2.43. The van der Waals surface area contributed by atoms with E-state index in [2.05, 4.69) is 15.6 Å². The van der Waals surface area contributed by atoms with Crippen molar-refractivity contribution < 1.29 is 9.59 Å². The van der Waals surface area contributed by atoms with Crippen LogP contribution in [0.3, 0.4) is 0 Å². The summed E-state index contributed by atoms with van der Waals surface area (Å²) in [5.41, 5.74) is 2.88. The lowest BCUT2D eigenvalue weighted by atomic mass is 10.2. The molecule has 3 N–H and O–H groups in total. The Hall–Kier alpha value is -3.35. The molecule has 2 amide bonds. The SMILES string of the molecule is CC(=O)Nc1ccc(C(=O)Nc2ccc3c(c2)[nH]c(=O)n3C)cc1. The van der Waals surface area contributed by atoms with E-state index in [1.165, 1.54) is 11.5 Å². The van der Waals surface area contributed by atoms with Gasteiger partial charge in [0.25, 0.3) is 5.91 Å². The van der Waals surface area contributed by atoms with Gasteiger partial charge in [-0.2, -0.15) is 0 Å². The van der Waals surface area contributed by atoms with Crippen LogP contribution in [-0.4, -0.2) is 21.4 Å². The maximum atomic E-state index is 12.3. The number of amides is 2. The van der Waals surface area contributed by atoms with E-state index in [1.807, 2.05) is 0 Å². The van der Waals surface area contributed by atoms with E-state index >= 15 is 0 Å². The maximum Gasteiger partial charge on any atom is 0.326 e. The average Bonchev–Trinajstić information content (AvgIpc) is 2.81. The summed E-state index contributed by atoms with van der Waals surface area (Å²) in [6, 6.07) is 11.8. The predicted molar refractivity (Wildman–Crippen MR) is 92.2 cm³/mol. The highest BCUT2D eigenvalue weighted by Gasteiger charge is 2.09. The standard InChI is InChI=1S/C17H16N4O3/c1-10(22)18-12-5-3-11(4-6-12)16(23)19-13-7-8-15-14(9-13)20-17(24)21(15)2/h3-9H,1-2H3,(H,18,22)(H,19,23)(H,20,24). The molecular formula is C17H16N4O3. The van der Waals surface area contributed by atoms with Crippen LogP contribution in [0.15, 0.2) is 47.3 Å². The van der Waals surface area contributed by atoms with Gasteiger partial charge in [-0.3, -0.25) is 14.2 Å². The van der Waals surface area contributed by atoms with Gasteiger partial charge in [-0.25, -0.2) is 4.79 Å². The van der Waals surface area contributed by atoms with E-state index in [0.29, 0.717) is 22.5 Å². The van der Waals surface area contributed by atoms with Gasteiger partial charge in [0.2, 0.25) is 5.91 Å². The van der Waals surface area contributed by atoms with Gasteiger partial charge < -0.3 is 15.6 Å². The second-order valence-electron chi connectivity index (χ2n) is 5.43. The van der Waals surface area contributed by atoms with Gasteiger partial charge in [0.15, 0.2) is 0 Å². The molecule has 0 atom stereocenters. The lowest BCUT2D eigenvalue weighted by Gasteiger charge is -2.07. The summed E-state index contributed by atoms with van der Waals surface area (Å²) in [5.74, 6) is -0.445. The molecule has 0 aliphatic rings. The van der Waals surface area contributed by atoms with E-state index in [-0.39, 0.29) is 17.5 Å². The van der Waals surface area contributed by atoms with E-state index in [1.54, 1.807) is 49.5 Å². The third kappa shape index (κ3) is 3.05. The van der Waals surface area contributed by atoms with Crippen LogP contribution < -0.4 is 16.3 Å². The summed E-state index contributed by atoms with van der Waals surface area (Å²) < 4.78 is 1.50. The molecule has 0 spiro atoms. The zero-order valence-electron chi connectivity index (χ0n) is 13.2. The van der Waals surface area contributed by atoms with Gasteiger partial charge in [0, 0.05) is 30.9 Å². The molecule has 0 aliphatic carbocycles. The number of aromatic nitrogens is 2. The molecule has 1 aromatic heterocycles. The van der Waals surface area contributed by atoms with E-state index in [4.69, 9.17) is 0 Å². The second kappa shape index (κ2) is 6.04. The Balaban J connectivity index is 1.79. The van der Waals surface area contributed by atoms with Gasteiger partial charge in [-0.05, 0) is 42.5 Å². The molecule has 2 aromatic carbocycles. The van der Waals surface area contributed by atoms with Crippen molar-refractivity contribution in [2.24, 2.45) is 7.05 Å². The monoisotopic (exact) mass is 324 g/mol. The van der Waals surface area contributed by atoms with Crippen LogP contribution in [0.1, 0.15) is 17.3 Å². The molecule has 7 nitrogen and oxygen atoms in total. The molecule has 0 fully saturated rings. The zero-order chi connectivity index (χ0) is 17.3. The van der Waals surface area contributed by atoms with Crippen molar-refractivity contribution >= 4 is 34.2 Å². The summed E-state index contributed by atoms with van der Waals surface area (Å²) in [5, 5.41) is 5.42. The molecule has 0 unspecified atom stereocenters. The third-order valence-corrected chi connectivity index (χ3v) is 3.63. The van der Waals surface area contributed by atoms with Crippen LogP contribution >= 0.6 is 0 Å². The van der Waals surface area contributed by atoms with Gasteiger partial charge in [-0.1, -0.05) is 0 Å². The third-order valence-electron chi connectivity index (χ3n) is 3.63. The lowest BCUT2D eigenvalue weighted by Crippen LogP contribution is -2.12. The number of fused-ring (bicyclic) bond motifs is 1. The summed E-state index contributed by atoms with van der Waals surface area (Å²) in [6.45, 7) is 1.42. The van der Waals surface area contributed by atoms with Crippen LogP contribution in [0.2, 0.25) is 0 Å². The highest BCUT2D eigenvalue weighted by molar-refractivity contribution is 6.05. The van der Waals surface area contributed by atoms with E-state index in [0.717, 1.165) is 5.52 Å². The zero-order valence-corrected chi connectivity index (χ0v) is 13.2. The first-order valence-electron chi connectivity index (χ1n) is 7.32. The number of benzene rings is 2. The molecule has 1 heterocycles. The molecule has 122 valence electrons. The fraction of sp³-hybridized carbons (Fsp3) is 0.118. The quantitative estimate of drug-likeness (QED) is 0.688. The van der Waals surface area contributed by atoms with Crippen molar-refractivity contribution in [3.8, 4) is 0 Å². The number of rotatable bonds is 3. The number of hydrogen-bond acceptors (Lipinski definition) is 3. The van der Waals surface area contributed by atoms with Crippen LogP contribution in [0.25, 0.3) is 11.0 Å². The van der Waals surface area contributed by atoms with Gasteiger partial charge >= 0.3 is 5.69 Å². The molecule has 0 saturated carbocycles. The Labute approximate surface area is 137 Å². The van der Waals surface area contributed by atoms with Crippen molar-refractivity contribution in [3.63, 3.8) is 0 Å². The smallest absolute Gasteiger partial charge is 0.326 e. The molecule has 7 heteroatoms. The summed E-state index contributed by atoms with van der Waals surface area (Å²) in [7, 11) is 1.68. The molecule has 0 aliphatic heterocycles. The van der Waals surface area contributed by atoms with Gasteiger partial charge in [-0.15, -0.1) is 0 Å². The van der Waals surface area contributed by atoms with Crippen molar-refractivity contribution in [2.75, 3.05) is 10.6 Å². The summed E-state index contributed by atoms with van der Waals surface area (Å²) in [4.78, 5) is 37.6. The first kappa shape index (κ1) is 15.5. The van der Waals surface area contributed by atoms with Crippen LogP contribution in [0.5, 0.6) is 0 Å². The number of imidazole rings is 1. The average molecular weight is 324 g/mol. The first-order valence-corrected chi connectivity index (χ1v) is 7.32. The molecule has 3 rings (SSSR count). The summed E-state index contributed by atoms with van der Waals surface area (Å²) in [6.07, 6.45) is 0. The number of H-pyrrole nitrogens is 1. The second-order valence-corrected chi connectivity index (χ2v) is 5.43. The van der Waals surface area contributed by atoms with Crippen LogP contribution in [0, 0.1) is 0 Å². The Kier molecular flexibility index (Phi) is 3.91. The highest BCUT2D eigenvalue weighted by Crippen LogP contribution is 2.17. The number of nitrogens with one attached hydrogen (secondary N) is 3. The Morgan fingerprint density at radius 1 is 1.00 bits per heavy atom. The van der Waals surface area contributed by atoms with Crippen molar-refractivity contribution in [1.82, 2.24) is 9.55 Å². The number of anilines is 2. The minimum atomic E-state index is -0.276. The fourth-order valence-corrected chi connectivity index (χ4v) is 2.43. The van der Waals surface area contributed by atoms with Crippen molar-refractivity contribution in [1.29, 1.82) is 0 Å². The number of hydrogen-bond donors (Lipinski definition) is 3. The summed E-state index contributed by atoms with van der Waals surface area (Å²) >= 11 is 0. The first-order chi connectivity index (χ1) is 11.4. The molecular weight excluding hydrogens is 308 g/mol. The van der Waals surface area contributed by atoms with Gasteiger partial charge in [0.05, 0.1) is 11.0 Å². The van der Waals surface area contributed by atoms with Crippen LogP contribution in [0.4, 0.5) is 11.4 Å². The topological polar surface area (TPSA) is 96.0 Å². The lowest BCUT2D eigenvalue weighted by molar-refractivity contribution is -0.114. The Morgan fingerprint density at radius 2 is 1.67 bits per heavy atom. The maximum absolute atomic E-state index is 12.3. The Morgan fingerprint density at radius 3 is 2.33 bits per heavy atom. The molecule has 0 saturated heterocycles. The number of carbonyl (C=O) groups excluding carboxylic acids is 2.